The van der Waals surface area contributed by atoms with Crippen molar-refractivity contribution in [3.8, 4) is 11.8 Å². The summed E-state index contributed by atoms with van der Waals surface area (Å²) in [5.41, 5.74) is 1.16. The molecule has 2 rings (SSSR count). The summed E-state index contributed by atoms with van der Waals surface area (Å²) in [5.74, 6) is 5.18. The molecule has 0 radical (unpaired) electrons. The van der Waals surface area contributed by atoms with Gasteiger partial charge < -0.3 is 10.4 Å². The van der Waals surface area contributed by atoms with Gasteiger partial charge in [-0.3, -0.25) is 9.78 Å². The van der Waals surface area contributed by atoms with Crippen LogP contribution in [-0.2, 0) is 0 Å². The van der Waals surface area contributed by atoms with E-state index >= 15 is 0 Å². The molecule has 1 aromatic rings. The molecular weight excluding hydrogens is 228 g/mol. The monoisotopic (exact) mass is 244 g/mol. The zero-order chi connectivity index (χ0) is 12.8. The van der Waals surface area contributed by atoms with Gasteiger partial charge in [0.05, 0.1) is 5.56 Å². The van der Waals surface area contributed by atoms with Gasteiger partial charge in [-0.15, -0.1) is 0 Å². The van der Waals surface area contributed by atoms with Crippen LogP contribution in [-0.4, -0.2) is 28.6 Å². The van der Waals surface area contributed by atoms with Crippen LogP contribution in [0, 0.1) is 11.8 Å². The number of aromatic nitrogens is 1. The number of hydrogen-bond donors (Lipinski definition) is 2. The quantitative estimate of drug-likeness (QED) is 0.766. The minimum absolute atomic E-state index is 0.0953. The third-order valence-electron chi connectivity index (χ3n) is 3.00. The zero-order valence-electron chi connectivity index (χ0n) is 10.1. The first-order chi connectivity index (χ1) is 8.79. The molecule has 0 bridgehead atoms. The lowest BCUT2D eigenvalue weighted by Gasteiger charge is -2.11. The van der Waals surface area contributed by atoms with Crippen molar-refractivity contribution in [2.24, 2.45) is 0 Å². The van der Waals surface area contributed by atoms with Crippen LogP contribution in [0.4, 0.5) is 0 Å². The number of aliphatic hydroxyl groups excluding tert-OH is 1. The zero-order valence-corrected chi connectivity index (χ0v) is 10.1. The Kier molecular flexibility index (Phi) is 4.32. The molecule has 2 N–H and O–H groups in total. The average molecular weight is 244 g/mol. The second-order valence-electron chi connectivity index (χ2n) is 4.38. The summed E-state index contributed by atoms with van der Waals surface area (Å²) in [4.78, 5) is 16.0. The molecule has 18 heavy (non-hydrogen) atoms. The predicted octanol–water partition coefficient (Wildman–Crippen LogP) is 1.10. The highest BCUT2D eigenvalue weighted by Gasteiger charge is 2.18. The van der Waals surface area contributed by atoms with E-state index in [4.69, 9.17) is 5.11 Å². The molecule has 1 aliphatic rings. The summed E-state index contributed by atoms with van der Waals surface area (Å²) >= 11 is 0. The van der Waals surface area contributed by atoms with Gasteiger partial charge in [0, 0.05) is 24.0 Å². The van der Waals surface area contributed by atoms with Gasteiger partial charge in [-0.1, -0.05) is 24.7 Å². The van der Waals surface area contributed by atoms with E-state index in [0.29, 0.717) is 17.2 Å². The molecule has 1 aliphatic carbocycles. The maximum Gasteiger partial charge on any atom is 0.253 e. The van der Waals surface area contributed by atoms with Crippen LogP contribution < -0.4 is 5.32 Å². The lowest BCUT2D eigenvalue weighted by atomic mass is 10.1. The van der Waals surface area contributed by atoms with E-state index in [9.17, 15) is 4.79 Å². The normalized spacial score (nSPS) is 14.9. The van der Waals surface area contributed by atoms with Crippen LogP contribution in [0.15, 0.2) is 18.5 Å². The van der Waals surface area contributed by atoms with Gasteiger partial charge in [0.25, 0.3) is 5.91 Å². The van der Waals surface area contributed by atoms with Crippen molar-refractivity contribution < 1.29 is 9.90 Å². The number of nitrogens with one attached hydrogen (secondary N) is 1. The van der Waals surface area contributed by atoms with Crippen molar-refractivity contribution >= 4 is 5.91 Å². The van der Waals surface area contributed by atoms with E-state index < -0.39 is 0 Å². The summed E-state index contributed by atoms with van der Waals surface area (Å²) in [6, 6.07) is 1.99. The molecule has 4 nitrogen and oxygen atoms in total. The number of nitrogens with zero attached hydrogens (tertiary/aromatic N) is 1. The second kappa shape index (κ2) is 6.18. The molecule has 4 heteroatoms. The van der Waals surface area contributed by atoms with Gasteiger partial charge in [0.15, 0.2) is 0 Å². The van der Waals surface area contributed by atoms with Gasteiger partial charge in [-0.05, 0) is 18.9 Å². The first-order valence-corrected chi connectivity index (χ1v) is 6.15. The van der Waals surface area contributed by atoms with E-state index in [0.717, 1.165) is 12.8 Å². The lowest BCUT2D eigenvalue weighted by Crippen LogP contribution is -2.32. The molecular formula is C14H16N2O2. The number of carbonyl (C=O) groups is 1. The number of pyridine rings is 1. The summed E-state index contributed by atoms with van der Waals surface area (Å²) in [6.07, 6.45) is 7.60. The van der Waals surface area contributed by atoms with Crippen LogP contribution in [0.5, 0.6) is 0 Å². The Morgan fingerprint density at radius 2 is 2.22 bits per heavy atom. The molecule has 0 saturated heterocycles. The third-order valence-corrected chi connectivity index (χ3v) is 3.00. The predicted molar refractivity (Wildman–Crippen MR) is 67.9 cm³/mol. The maximum absolute atomic E-state index is 12.0. The minimum atomic E-state index is -0.196. The smallest absolute Gasteiger partial charge is 0.253 e. The standard InChI is InChI=1S/C14H16N2O2/c17-7-3-4-11-8-12(10-15-9-11)14(18)16-13-5-1-2-6-13/h8-10,13,17H,1-2,5-7H2,(H,16,18). The third kappa shape index (κ3) is 3.31. The maximum atomic E-state index is 12.0. The molecule has 1 saturated carbocycles. The first-order valence-electron chi connectivity index (χ1n) is 6.15. The van der Waals surface area contributed by atoms with Crippen LogP contribution in [0.1, 0.15) is 41.6 Å². The van der Waals surface area contributed by atoms with Crippen LogP contribution in [0.25, 0.3) is 0 Å². The molecule has 0 aromatic carbocycles. The van der Waals surface area contributed by atoms with Crippen molar-refractivity contribution in [3.63, 3.8) is 0 Å². The van der Waals surface area contributed by atoms with Gasteiger partial charge in [-0.25, -0.2) is 0 Å². The van der Waals surface area contributed by atoms with Gasteiger partial charge in [0.2, 0.25) is 0 Å². The van der Waals surface area contributed by atoms with Gasteiger partial charge >= 0.3 is 0 Å². The molecule has 0 unspecified atom stereocenters. The SMILES string of the molecule is O=C(NC1CCCC1)c1cncc(C#CCO)c1. The summed E-state index contributed by atoms with van der Waals surface area (Å²) < 4.78 is 0. The van der Waals surface area contributed by atoms with E-state index in [1.165, 1.54) is 19.0 Å². The largest absolute Gasteiger partial charge is 0.384 e. The Balaban J connectivity index is 2.05. The lowest BCUT2D eigenvalue weighted by molar-refractivity contribution is 0.0937. The Bertz CT molecular complexity index is 482. The van der Waals surface area contributed by atoms with Crippen molar-refractivity contribution in [2.45, 2.75) is 31.7 Å². The van der Waals surface area contributed by atoms with E-state index in [-0.39, 0.29) is 12.5 Å². The summed E-state index contributed by atoms with van der Waals surface area (Å²) in [7, 11) is 0. The molecule has 1 aromatic heterocycles. The highest BCUT2D eigenvalue weighted by Crippen LogP contribution is 2.18. The number of aliphatic hydroxyl groups is 1. The number of amides is 1. The highest BCUT2D eigenvalue weighted by molar-refractivity contribution is 5.94. The van der Waals surface area contributed by atoms with Crippen LogP contribution in [0.2, 0.25) is 0 Å². The van der Waals surface area contributed by atoms with Crippen molar-refractivity contribution in [1.29, 1.82) is 0 Å². The highest BCUT2D eigenvalue weighted by atomic mass is 16.2. The van der Waals surface area contributed by atoms with Crippen LogP contribution in [0.3, 0.4) is 0 Å². The fourth-order valence-corrected chi connectivity index (χ4v) is 2.11. The molecule has 94 valence electrons. The summed E-state index contributed by atoms with van der Waals surface area (Å²) in [5, 5.41) is 11.6. The van der Waals surface area contributed by atoms with E-state index in [1.54, 1.807) is 12.3 Å². The van der Waals surface area contributed by atoms with Gasteiger partial charge in [-0.2, -0.15) is 0 Å². The van der Waals surface area contributed by atoms with E-state index in [1.807, 2.05) is 0 Å². The van der Waals surface area contributed by atoms with E-state index in [2.05, 4.69) is 22.1 Å². The number of rotatable bonds is 2. The van der Waals surface area contributed by atoms with Crippen molar-refractivity contribution in [3.05, 3.63) is 29.6 Å². The van der Waals surface area contributed by atoms with Crippen molar-refractivity contribution in [2.75, 3.05) is 6.61 Å². The molecule has 0 aliphatic heterocycles. The average Bonchev–Trinajstić information content (AvgIpc) is 2.89. The fraction of sp³-hybridized carbons (Fsp3) is 0.429. The van der Waals surface area contributed by atoms with Crippen molar-refractivity contribution in [1.82, 2.24) is 10.3 Å². The van der Waals surface area contributed by atoms with Crippen LogP contribution >= 0.6 is 0 Å². The molecule has 1 heterocycles. The Morgan fingerprint density at radius 3 is 2.94 bits per heavy atom. The second-order valence-corrected chi connectivity index (χ2v) is 4.38. The topological polar surface area (TPSA) is 62.2 Å². The fourth-order valence-electron chi connectivity index (χ4n) is 2.11. The molecule has 1 fully saturated rings. The van der Waals surface area contributed by atoms with Gasteiger partial charge in [0.1, 0.15) is 6.61 Å². The Hall–Kier alpha value is -1.86. The number of hydrogen-bond acceptors (Lipinski definition) is 3. The minimum Gasteiger partial charge on any atom is -0.384 e. The molecule has 1 amide bonds. The Labute approximate surface area is 106 Å². The Morgan fingerprint density at radius 1 is 1.44 bits per heavy atom. The molecule has 0 spiro atoms. The number of carbonyl (C=O) groups excluding carboxylic acids is 1. The summed E-state index contributed by atoms with van der Waals surface area (Å²) in [6.45, 7) is -0.196. The molecule has 0 atom stereocenters. The first kappa shape index (κ1) is 12.6.